The van der Waals surface area contributed by atoms with Crippen molar-refractivity contribution in [1.29, 1.82) is 0 Å². The van der Waals surface area contributed by atoms with Crippen molar-refractivity contribution in [3.8, 4) is 0 Å². The molecule has 0 saturated heterocycles. The van der Waals surface area contributed by atoms with Crippen LogP contribution < -0.4 is 5.32 Å². The number of unbranched alkanes of at least 4 members (excludes halogenated alkanes) is 9. The molecule has 0 aromatic carbocycles. The molecule has 0 rings (SSSR count). The van der Waals surface area contributed by atoms with E-state index in [1.165, 1.54) is 64.2 Å². The van der Waals surface area contributed by atoms with E-state index >= 15 is 0 Å². The summed E-state index contributed by atoms with van der Waals surface area (Å²) in [6.07, 6.45) is 15.1. The van der Waals surface area contributed by atoms with Crippen LogP contribution in [0.4, 0.5) is 0 Å². The van der Waals surface area contributed by atoms with Crippen LogP contribution in [0.3, 0.4) is 0 Å². The quantitative estimate of drug-likeness (QED) is 0.376. The first-order valence-electron chi connectivity index (χ1n) is 8.80. The Balaban J connectivity index is 0. The van der Waals surface area contributed by atoms with Gasteiger partial charge in [0.05, 0.1) is 0 Å². The molecular formula is C17H38ClNO2. The van der Waals surface area contributed by atoms with Crippen molar-refractivity contribution in [1.82, 2.24) is 5.32 Å². The van der Waals surface area contributed by atoms with E-state index in [-0.39, 0.29) is 31.7 Å². The van der Waals surface area contributed by atoms with Gasteiger partial charge < -0.3 is 15.5 Å². The highest BCUT2D eigenvalue weighted by atomic mass is 35.5. The van der Waals surface area contributed by atoms with Crippen LogP contribution in [0.15, 0.2) is 0 Å². The van der Waals surface area contributed by atoms with E-state index in [2.05, 4.69) is 12.2 Å². The molecule has 0 aliphatic rings. The largest absolute Gasteiger partial charge is 0.396 e. The number of hydrogen-bond donors (Lipinski definition) is 3. The van der Waals surface area contributed by atoms with Gasteiger partial charge in [0.1, 0.15) is 0 Å². The van der Waals surface area contributed by atoms with E-state index in [0.29, 0.717) is 0 Å². The highest BCUT2D eigenvalue weighted by Gasteiger charge is 2.05. The zero-order valence-corrected chi connectivity index (χ0v) is 14.8. The highest BCUT2D eigenvalue weighted by Crippen LogP contribution is 2.10. The molecule has 0 heterocycles. The molecule has 0 atom stereocenters. The van der Waals surface area contributed by atoms with Crippen LogP contribution in [0.1, 0.15) is 84.0 Å². The predicted octanol–water partition coefficient (Wildman–Crippen LogP) is 4.05. The molecule has 0 aliphatic heterocycles. The van der Waals surface area contributed by atoms with Crippen LogP contribution in [0, 0.1) is 0 Å². The minimum Gasteiger partial charge on any atom is -0.396 e. The monoisotopic (exact) mass is 323 g/mol. The van der Waals surface area contributed by atoms with Crippen molar-refractivity contribution in [2.24, 2.45) is 0 Å². The van der Waals surface area contributed by atoms with Crippen LogP contribution >= 0.6 is 12.4 Å². The third kappa shape index (κ3) is 18.1. The lowest BCUT2D eigenvalue weighted by molar-refractivity contribution is 0.227. The van der Waals surface area contributed by atoms with E-state index in [4.69, 9.17) is 10.2 Å². The van der Waals surface area contributed by atoms with E-state index in [9.17, 15) is 0 Å². The normalized spacial score (nSPS) is 10.9. The summed E-state index contributed by atoms with van der Waals surface area (Å²) in [5.74, 6) is 0. The summed E-state index contributed by atoms with van der Waals surface area (Å²) in [5, 5.41) is 21.3. The van der Waals surface area contributed by atoms with Gasteiger partial charge in [-0.25, -0.2) is 0 Å². The van der Waals surface area contributed by atoms with E-state index in [1.807, 2.05) is 0 Å². The molecule has 0 unspecified atom stereocenters. The summed E-state index contributed by atoms with van der Waals surface area (Å²) in [4.78, 5) is 0. The number of aliphatic hydroxyl groups excluding tert-OH is 2. The van der Waals surface area contributed by atoms with Gasteiger partial charge >= 0.3 is 0 Å². The lowest BCUT2D eigenvalue weighted by atomic mass is 10.1. The zero-order chi connectivity index (χ0) is 14.9. The van der Waals surface area contributed by atoms with Gasteiger partial charge in [-0.15, -0.1) is 12.4 Å². The molecule has 0 aliphatic carbocycles. The summed E-state index contributed by atoms with van der Waals surface area (Å²) in [7, 11) is 0. The second-order valence-corrected chi connectivity index (χ2v) is 5.86. The van der Waals surface area contributed by atoms with Crippen LogP contribution in [-0.2, 0) is 0 Å². The summed E-state index contributed by atoms with van der Waals surface area (Å²) in [6.45, 7) is 3.69. The molecule has 130 valence electrons. The molecule has 0 fully saturated rings. The second-order valence-electron chi connectivity index (χ2n) is 5.86. The van der Waals surface area contributed by atoms with Crippen molar-refractivity contribution in [3.05, 3.63) is 0 Å². The molecule has 0 amide bonds. The Bertz CT molecular complexity index is 176. The zero-order valence-electron chi connectivity index (χ0n) is 14.0. The Morgan fingerprint density at radius 1 is 0.714 bits per heavy atom. The molecule has 0 bridgehead atoms. The number of nitrogens with one attached hydrogen (secondary N) is 1. The molecule has 4 heteroatoms. The topological polar surface area (TPSA) is 52.5 Å². The molecule has 3 N–H and O–H groups in total. The van der Waals surface area contributed by atoms with E-state index < -0.39 is 0 Å². The van der Waals surface area contributed by atoms with Gasteiger partial charge in [0.25, 0.3) is 0 Å². The molecule has 21 heavy (non-hydrogen) atoms. The molecule has 0 radical (unpaired) electrons. The fourth-order valence-electron chi connectivity index (χ4n) is 2.58. The third-order valence-electron chi connectivity index (χ3n) is 3.92. The molecule has 0 spiro atoms. The van der Waals surface area contributed by atoms with Crippen molar-refractivity contribution < 1.29 is 10.2 Å². The fraction of sp³-hybridized carbons (Fsp3) is 1.00. The van der Waals surface area contributed by atoms with Crippen molar-refractivity contribution in [3.63, 3.8) is 0 Å². The maximum atomic E-state index is 8.92. The highest BCUT2D eigenvalue weighted by molar-refractivity contribution is 5.85. The SMILES string of the molecule is CCCCCCCCCCCCNC(CCO)CCO.Cl. The van der Waals surface area contributed by atoms with Crippen LogP contribution in [0.2, 0.25) is 0 Å². The van der Waals surface area contributed by atoms with Crippen LogP contribution in [-0.4, -0.2) is 36.0 Å². The number of rotatable bonds is 16. The molecule has 0 saturated carbocycles. The lowest BCUT2D eigenvalue weighted by Gasteiger charge is -2.16. The molecule has 3 nitrogen and oxygen atoms in total. The first-order chi connectivity index (χ1) is 9.85. The minimum atomic E-state index is 0. The fourth-order valence-corrected chi connectivity index (χ4v) is 2.58. The van der Waals surface area contributed by atoms with Gasteiger partial charge in [0.2, 0.25) is 0 Å². The smallest absolute Gasteiger partial charge is 0.0445 e. The summed E-state index contributed by atoms with van der Waals surface area (Å²) >= 11 is 0. The van der Waals surface area contributed by atoms with Gasteiger partial charge in [0.15, 0.2) is 0 Å². The maximum Gasteiger partial charge on any atom is 0.0445 e. The average Bonchev–Trinajstić information content (AvgIpc) is 2.45. The van der Waals surface area contributed by atoms with E-state index in [1.54, 1.807) is 0 Å². The third-order valence-corrected chi connectivity index (χ3v) is 3.92. The molecule has 0 aromatic heterocycles. The first-order valence-corrected chi connectivity index (χ1v) is 8.80. The second kappa shape index (κ2) is 20.2. The Kier molecular flexibility index (Phi) is 22.5. The maximum absolute atomic E-state index is 8.92. The van der Waals surface area contributed by atoms with Crippen molar-refractivity contribution in [2.45, 2.75) is 90.0 Å². The average molecular weight is 324 g/mol. The minimum absolute atomic E-state index is 0. The lowest BCUT2D eigenvalue weighted by Crippen LogP contribution is -2.31. The van der Waals surface area contributed by atoms with Gasteiger partial charge in [-0.1, -0.05) is 64.7 Å². The van der Waals surface area contributed by atoms with Crippen molar-refractivity contribution >= 4 is 12.4 Å². The number of halogens is 1. The Morgan fingerprint density at radius 3 is 1.57 bits per heavy atom. The Morgan fingerprint density at radius 2 is 1.14 bits per heavy atom. The van der Waals surface area contributed by atoms with Gasteiger partial charge in [-0.2, -0.15) is 0 Å². The van der Waals surface area contributed by atoms with Crippen molar-refractivity contribution in [2.75, 3.05) is 19.8 Å². The first kappa shape index (κ1) is 23.4. The van der Waals surface area contributed by atoms with E-state index in [0.717, 1.165) is 19.4 Å². The summed E-state index contributed by atoms with van der Waals surface area (Å²) < 4.78 is 0. The van der Waals surface area contributed by atoms with Crippen LogP contribution in [0.5, 0.6) is 0 Å². The standard InChI is InChI=1S/C17H37NO2.ClH/c1-2-3-4-5-6-7-8-9-10-11-14-18-17(12-15-19)13-16-20;/h17-20H,2-16H2,1H3;1H. The number of aliphatic hydroxyl groups is 2. The molecular weight excluding hydrogens is 286 g/mol. The molecule has 0 aromatic rings. The van der Waals surface area contributed by atoms with Gasteiger partial charge in [-0.3, -0.25) is 0 Å². The Hall–Kier alpha value is 0.170. The number of hydrogen-bond acceptors (Lipinski definition) is 3. The summed E-state index contributed by atoms with van der Waals surface area (Å²) in [6, 6.07) is 0.281. The van der Waals surface area contributed by atoms with Gasteiger partial charge in [0, 0.05) is 19.3 Å². The Labute approximate surface area is 138 Å². The van der Waals surface area contributed by atoms with Gasteiger partial charge in [-0.05, 0) is 25.8 Å². The van der Waals surface area contributed by atoms with Crippen LogP contribution in [0.25, 0.3) is 0 Å². The predicted molar refractivity (Wildman–Crippen MR) is 94.3 cm³/mol. The summed E-state index contributed by atoms with van der Waals surface area (Å²) in [5.41, 5.74) is 0.